The van der Waals surface area contributed by atoms with Crippen LogP contribution in [0.4, 0.5) is 5.69 Å². The van der Waals surface area contributed by atoms with E-state index in [1.807, 2.05) is 19.1 Å². The maximum absolute atomic E-state index is 14.0. The van der Waals surface area contributed by atoms with Gasteiger partial charge in [-0.05, 0) is 49.2 Å². The molecule has 2 saturated heterocycles. The Morgan fingerprint density at radius 2 is 1.47 bits per heavy atom. The molecule has 190 valence electrons. The molecule has 8 nitrogen and oxygen atoms in total. The molecule has 3 aromatic carbocycles. The van der Waals surface area contributed by atoms with Crippen LogP contribution in [-0.4, -0.2) is 41.6 Å². The van der Waals surface area contributed by atoms with E-state index in [4.69, 9.17) is 9.47 Å². The number of hydrogen-bond acceptors (Lipinski definition) is 7. The summed E-state index contributed by atoms with van der Waals surface area (Å²) in [5.74, 6) is -5.41. The average molecular weight is 510 g/mol. The van der Waals surface area contributed by atoms with Crippen LogP contribution in [0.25, 0.3) is 0 Å². The van der Waals surface area contributed by atoms with Gasteiger partial charge in [-0.1, -0.05) is 48.5 Å². The van der Waals surface area contributed by atoms with Crippen LogP contribution in [0.5, 0.6) is 0 Å². The van der Waals surface area contributed by atoms with Crippen molar-refractivity contribution in [3.63, 3.8) is 0 Å². The first kappa shape index (κ1) is 23.9. The summed E-state index contributed by atoms with van der Waals surface area (Å²) in [5.41, 5.74) is 0.171. The Kier molecular flexibility index (Phi) is 5.39. The zero-order chi connectivity index (χ0) is 26.8. The highest BCUT2D eigenvalue weighted by Crippen LogP contribution is 2.58. The van der Waals surface area contributed by atoms with Gasteiger partial charge in [0, 0.05) is 11.1 Å². The van der Waals surface area contributed by atoms with Crippen LogP contribution in [0, 0.1) is 18.8 Å². The van der Waals surface area contributed by atoms with Gasteiger partial charge in [0.2, 0.25) is 29.0 Å². The number of imide groups is 1. The molecule has 3 aliphatic rings. The second-order valence-corrected chi connectivity index (χ2v) is 9.62. The minimum absolute atomic E-state index is 0.180. The summed E-state index contributed by atoms with van der Waals surface area (Å²) in [4.78, 5) is 68.7. The number of carbonyl (C=O) groups excluding carboxylic acids is 5. The molecule has 2 amide bonds. The number of amides is 2. The maximum Gasteiger partial charge on any atom is 0.338 e. The van der Waals surface area contributed by atoms with Crippen LogP contribution in [-0.2, 0) is 19.1 Å². The van der Waals surface area contributed by atoms with Crippen LogP contribution in [0.1, 0.15) is 55.2 Å². The molecule has 6 rings (SSSR count). The number of fused-ring (bicyclic) bond motifs is 3. The molecular formula is C30H23NO7. The Labute approximate surface area is 218 Å². The normalized spacial score (nSPS) is 23.2. The number of aryl methyl sites for hydroxylation is 1. The predicted octanol–water partition coefficient (Wildman–Crippen LogP) is 3.87. The van der Waals surface area contributed by atoms with Gasteiger partial charge in [-0.2, -0.15) is 0 Å². The molecule has 2 aliphatic heterocycles. The third-order valence-corrected chi connectivity index (χ3v) is 7.65. The number of ether oxygens (including phenoxy) is 2. The van der Waals surface area contributed by atoms with E-state index in [0.29, 0.717) is 5.56 Å². The van der Waals surface area contributed by atoms with Gasteiger partial charge < -0.3 is 9.47 Å². The molecule has 0 radical (unpaired) electrons. The molecule has 0 bridgehead atoms. The van der Waals surface area contributed by atoms with Crippen molar-refractivity contribution in [2.24, 2.45) is 11.8 Å². The van der Waals surface area contributed by atoms with Gasteiger partial charge in [-0.15, -0.1) is 0 Å². The first-order chi connectivity index (χ1) is 18.3. The fraction of sp³-hybridized carbons (Fsp3) is 0.233. The quantitative estimate of drug-likeness (QED) is 0.299. The maximum atomic E-state index is 14.0. The summed E-state index contributed by atoms with van der Waals surface area (Å²) < 4.78 is 11.3. The molecule has 3 atom stereocenters. The summed E-state index contributed by atoms with van der Waals surface area (Å²) >= 11 is 0. The van der Waals surface area contributed by atoms with Crippen LogP contribution >= 0.6 is 0 Å². The van der Waals surface area contributed by atoms with E-state index < -0.39 is 52.9 Å². The molecule has 38 heavy (non-hydrogen) atoms. The lowest BCUT2D eigenvalue weighted by atomic mass is 9.77. The van der Waals surface area contributed by atoms with Crippen molar-refractivity contribution in [1.82, 2.24) is 0 Å². The molecule has 1 spiro atoms. The van der Waals surface area contributed by atoms with Crippen LogP contribution in [0.3, 0.4) is 0 Å². The molecule has 8 heteroatoms. The van der Waals surface area contributed by atoms with E-state index in [9.17, 15) is 24.0 Å². The van der Waals surface area contributed by atoms with Crippen molar-refractivity contribution in [3.8, 4) is 0 Å². The Morgan fingerprint density at radius 3 is 2.08 bits per heavy atom. The Balaban J connectivity index is 1.48. The number of benzene rings is 3. The first-order valence-corrected chi connectivity index (χ1v) is 12.4. The van der Waals surface area contributed by atoms with Gasteiger partial charge in [-0.25, -0.2) is 9.69 Å². The summed E-state index contributed by atoms with van der Waals surface area (Å²) in [6, 6.07) is 19.5. The van der Waals surface area contributed by atoms with Gasteiger partial charge in [0.1, 0.15) is 0 Å². The number of nitrogens with zero attached hydrogens (tertiary/aromatic N) is 1. The Bertz CT molecular complexity index is 1510. The summed E-state index contributed by atoms with van der Waals surface area (Å²) in [6.07, 6.45) is -0.983. The molecular weight excluding hydrogens is 486 g/mol. The van der Waals surface area contributed by atoms with Crippen molar-refractivity contribution in [1.29, 1.82) is 0 Å². The van der Waals surface area contributed by atoms with Gasteiger partial charge in [-0.3, -0.25) is 19.2 Å². The third-order valence-electron chi connectivity index (χ3n) is 7.65. The second-order valence-electron chi connectivity index (χ2n) is 9.62. The highest BCUT2D eigenvalue weighted by Gasteiger charge is 2.74. The van der Waals surface area contributed by atoms with Crippen LogP contribution in [0.2, 0.25) is 0 Å². The van der Waals surface area contributed by atoms with Crippen molar-refractivity contribution in [2.75, 3.05) is 11.5 Å². The lowest BCUT2D eigenvalue weighted by Crippen LogP contribution is -2.51. The number of hydrogen-bond donors (Lipinski definition) is 0. The van der Waals surface area contributed by atoms with Gasteiger partial charge in [0.05, 0.1) is 35.8 Å². The molecule has 0 aromatic heterocycles. The molecule has 2 fully saturated rings. The minimum atomic E-state index is -2.13. The lowest BCUT2D eigenvalue weighted by Gasteiger charge is -2.27. The highest BCUT2D eigenvalue weighted by molar-refractivity contribution is 6.37. The fourth-order valence-corrected chi connectivity index (χ4v) is 5.92. The van der Waals surface area contributed by atoms with Crippen LogP contribution < -0.4 is 4.90 Å². The molecule has 1 aliphatic carbocycles. The largest absolute Gasteiger partial charge is 0.462 e. The number of rotatable bonds is 4. The van der Waals surface area contributed by atoms with Gasteiger partial charge >= 0.3 is 5.97 Å². The molecule has 0 unspecified atom stereocenters. The van der Waals surface area contributed by atoms with Gasteiger partial charge in [0.15, 0.2) is 0 Å². The lowest BCUT2D eigenvalue weighted by molar-refractivity contribution is -0.127. The summed E-state index contributed by atoms with van der Waals surface area (Å²) in [7, 11) is 0. The van der Waals surface area contributed by atoms with E-state index in [1.165, 1.54) is 36.4 Å². The SMILES string of the molecule is CCOC(=O)c1ccc(N2C(=O)[C@H]3[C@@H](C2=O)C2(O[C@H]3c3ccccc3C)C(=O)c3ccccc3C2=O)cc1. The zero-order valence-electron chi connectivity index (χ0n) is 20.7. The highest BCUT2D eigenvalue weighted by atomic mass is 16.5. The number of Topliss-reactive ketones (excluding diaryl/α,β-unsaturated/α-hetero) is 2. The topological polar surface area (TPSA) is 107 Å². The van der Waals surface area contributed by atoms with Crippen molar-refractivity contribution < 1.29 is 33.4 Å². The predicted molar refractivity (Wildman–Crippen MR) is 135 cm³/mol. The Hall–Kier alpha value is -4.43. The van der Waals surface area contributed by atoms with E-state index in [-0.39, 0.29) is 29.0 Å². The first-order valence-electron chi connectivity index (χ1n) is 12.4. The number of esters is 1. The number of carbonyl (C=O) groups is 5. The molecule has 0 saturated carbocycles. The van der Waals surface area contributed by atoms with E-state index in [0.717, 1.165) is 10.5 Å². The molecule has 3 aromatic rings. The number of anilines is 1. The van der Waals surface area contributed by atoms with Crippen molar-refractivity contribution >= 4 is 35.0 Å². The fourth-order valence-electron chi connectivity index (χ4n) is 5.92. The third kappa shape index (κ3) is 3.10. The summed E-state index contributed by atoms with van der Waals surface area (Å²) in [6.45, 7) is 3.75. The minimum Gasteiger partial charge on any atom is -0.462 e. The van der Waals surface area contributed by atoms with Gasteiger partial charge in [0.25, 0.3) is 0 Å². The molecule has 0 N–H and O–H groups in total. The van der Waals surface area contributed by atoms with Crippen molar-refractivity contribution in [2.45, 2.75) is 25.6 Å². The van der Waals surface area contributed by atoms with E-state index in [2.05, 4.69) is 0 Å². The number of ketones is 2. The smallest absolute Gasteiger partial charge is 0.338 e. The average Bonchev–Trinajstić information content (AvgIpc) is 3.49. The second kappa shape index (κ2) is 8.56. The Morgan fingerprint density at radius 1 is 0.868 bits per heavy atom. The monoisotopic (exact) mass is 509 g/mol. The standard InChI is InChI=1S/C30H23NO7/c1-3-37-29(36)17-12-14-18(15-13-17)31-27(34)22-23(28(31)35)30(38-24(22)19-9-5-4-8-16(19)2)25(32)20-10-6-7-11-21(20)26(30)33/h4-15,22-24H,3H2,1-2H3/t22-,23-,24-/m0/s1. The van der Waals surface area contributed by atoms with Crippen LogP contribution in [0.15, 0.2) is 72.8 Å². The molecule has 2 heterocycles. The zero-order valence-corrected chi connectivity index (χ0v) is 20.7. The van der Waals surface area contributed by atoms with Crippen molar-refractivity contribution in [3.05, 3.63) is 101 Å². The van der Waals surface area contributed by atoms with E-state index in [1.54, 1.807) is 31.2 Å². The summed E-state index contributed by atoms with van der Waals surface area (Å²) in [5, 5.41) is 0. The van der Waals surface area contributed by atoms with E-state index >= 15 is 0 Å².